The number of hydrogen-bond donors (Lipinski definition) is 1. The van der Waals surface area contributed by atoms with E-state index >= 15 is 0 Å². The van der Waals surface area contributed by atoms with Gasteiger partial charge in [0, 0.05) is 18.5 Å². The van der Waals surface area contributed by atoms with Gasteiger partial charge < -0.3 is 10.1 Å². The molecule has 0 spiro atoms. The number of nitrogens with one attached hydrogen (secondary N) is 1. The number of rotatable bonds is 0. The Hall–Kier alpha value is -0.0800. The van der Waals surface area contributed by atoms with E-state index in [1.54, 1.807) is 0 Å². The van der Waals surface area contributed by atoms with Crippen LogP contribution in [0.1, 0.15) is 19.8 Å². The smallest absolute Gasteiger partial charge is 0.0852 e. The number of fused-ring (bicyclic) bond motifs is 1. The molecule has 1 N–H and O–H groups in total. The van der Waals surface area contributed by atoms with Crippen molar-refractivity contribution in [3.05, 3.63) is 0 Å². The first-order chi connectivity index (χ1) is 4.79. The van der Waals surface area contributed by atoms with Gasteiger partial charge in [-0.2, -0.15) is 0 Å². The lowest BCUT2D eigenvalue weighted by Gasteiger charge is -2.25. The second kappa shape index (κ2) is 1.41. The van der Waals surface area contributed by atoms with Crippen LogP contribution in [-0.2, 0) is 4.74 Å². The normalized spacial score (nSPS) is 63.9. The molecule has 0 amide bonds. The lowest BCUT2D eigenvalue weighted by molar-refractivity contribution is 0.0141. The highest BCUT2D eigenvalue weighted by Crippen LogP contribution is 2.50. The molecule has 0 saturated carbocycles. The van der Waals surface area contributed by atoms with Gasteiger partial charge in [-0.1, -0.05) is 0 Å². The monoisotopic (exact) mass is 139 g/mol. The van der Waals surface area contributed by atoms with Crippen LogP contribution in [-0.4, -0.2) is 24.3 Å². The van der Waals surface area contributed by atoms with E-state index in [2.05, 4.69) is 12.2 Å². The summed E-state index contributed by atoms with van der Waals surface area (Å²) in [6.07, 6.45) is 3.16. The van der Waals surface area contributed by atoms with Crippen LogP contribution in [0.4, 0.5) is 0 Å². The van der Waals surface area contributed by atoms with Crippen molar-refractivity contribution in [3.8, 4) is 0 Å². The molecule has 0 aromatic carbocycles. The average molecular weight is 139 g/mol. The minimum Gasteiger partial charge on any atom is -0.370 e. The van der Waals surface area contributed by atoms with Crippen LogP contribution >= 0.6 is 0 Å². The highest BCUT2D eigenvalue weighted by Gasteiger charge is 2.59. The maximum absolute atomic E-state index is 5.88. The molecule has 3 aliphatic heterocycles. The van der Waals surface area contributed by atoms with Gasteiger partial charge in [-0.3, -0.25) is 0 Å². The molecule has 3 aliphatic rings. The van der Waals surface area contributed by atoms with Gasteiger partial charge in [0.2, 0.25) is 0 Å². The molecule has 2 bridgehead atoms. The Labute approximate surface area is 60.9 Å². The quantitative estimate of drug-likeness (QED) is 0.528. The first-order valence-electron chi connectivity index (χ1n) is 4.20. The van der Waals surface area contributed by atoms with Gasteiger partial charge in [0.05, 0.1) is 11.7 Å². The Morgan fingerprint density at radius 3 is 3.00 bits per heavy atom. The topological polar surface area (TPSA) is 21.3 Å². The molecular formula is C8H13NO. The lowest BCUT2D eigenvalue weighted by atomic mass is 9.81. The van der Waals surface area contributed by atoms with Crippen LogP contribution < -0.4 is 5.32 Å². The third-order valence-electron chi connectivity index (χ3n) is 3.58. The van der Waals surface area contributed by atoms with Gasteiger partial charge in [0.1, 0.15) is 0 Å². The van der Waals surface area contributed by atoms with E-state index in [0.717, 1.165) is 5.92 Å². The average Bonchev–Trinajstić information content (AvgIpc) is 2.27. The summed E-state index contributed by atoms with van der Waals surface area (Å²) in [5.74, 6) is 0.816. The van der Waals surface area contributed by atoms with E-state index < -0.39 is 0 Å². The lowest BCUT2D eigenvalue weighted by Crippen LogP contribution is -2.39. The zero-order valence-electron chi connectivity index (χ0n) is 6.26. The van der Waals surface area contributed by atoms with Gasteiger partial charge in [0.15, 0.2) is 0 Å². The van der Waals surface area contributed by atoms with Crippen LogP contribution in [0.25, 0.3) is 0 Å². The SMILES string of the molecule is CC12OC3CC1CNC2C3. The van der Waals surface area contributed by atoms with Crippen molar-refractivity contribution in [1.29, 1.82) is 0 Å². The fraction of sp³-hybridized carbons (Fsp3) is 1.00. The first-order valence-corrected chi connectivity index (χ1v) is 4.20. The molecule has 56 valence electrons. The van der Waals surface area contributed by atoms with Crippen LogP contribution in [0.15, 0.2) is 0 Å². The summed E-state index contributed by atoms with van der Waals surface area (Å²) in [6.45, 7) is 3.47. The summed E-state index contributed by atoms with van der Waals surface area (Å²) >= 11 is 0. The largest absolute Gasteiger partial charge is 0.370 e. The summed E-state index contributed by atoms with van der Waals surface area (Å²) < 4.78 is 5.88. The van der Waals surface area contributed by atoms with Crippen molar-refractivity contribution < 1.29 is 4.74 Å². The molecule has 2 nitrogen and oxygen atoms in total. The van der Waals surface area contributed by atoms with Crippen LogP contribution in [0, 0.1) is 5.92 Å². The third kappa shape index (κ3) is 0.424. The van der Waals surface area contributed by atoms with E-state index in [9.17, 15) is 0 Å². The van der Waals surface area contributed by atoms with E-state index in [4.69, 9.17) is 4.74 Å². The molecule has 2 heteroatoms. The Morgan fingerprint density at radius 2 is 2.40 bits per heavy atom. The Kier molecular flexibility index (Phi) is 0.783. The summed E-state index contributed by atoms with van der Waals surface area (Å²) in [5, 5.41) is 3.53. The van der Waals surface area contributed by atoms with Crippen molar-refractivity contribution in [3.63, 3.8) is 0 Å². The van der Waals surface area contributed by atoms with Crippen LogP contribution in [0.2, 0.25) is 0 Å². The number of ether oxygens (including phenoxy) is 1. The van der Waals surface area contributed by atoms with Crippen LogP contribution in [0.5, 0.6) is 0 Å². The summed E-state index contributed by atoms with van der Waals surface area (Å²) in [4.78, 5) is 0. The van der Waals surface area contributed by atoms with E-state index in [1.165, 1.54) is 19.4 Å². The molecule has 0 aliphatic carbocycles. The van der Waals surface area contributed by atoms with Crippen molar-refractivity contribution >= 4 is 0 Å². The maximum atomic E-state index is 5.88. The van der Waals surface area contributed by atoms with E-state index in [0.29, 0.717) is 12.1 Å². The molecule has 3 heterocycles. The van der Waals surface area contributed by atoms with Crippen molar-refractivity contribution in [2.45, 2.75) is 37.5 Å². The highest BCUT2D eigenvalue weighted by molar-refractivity contribution is 5.13. The van der Waals surface area contributed by atoms with Crippen molar-refractivity contribution in [1.82, 2.24) is 5.32 Å². The Balaban J connectivity index is 2.08. The predicted molar refractivity (Wildman–Crippen MR) is 37.8 cm³/mol. The third-order valence-corrected chi connectivity index (χ3v) is 3.58. The van der Waals surface area contributed by atoms with E-state index in [1.807, 2.05) is 0 Å². The summed E-state index contributed by atoms with van der Waals surface area (Å²) in [6, 6.07) is 0.677. The molecular weight excluding hydrogens is 126 g/mol. The Morgan fingerprint density at radius 1 is 1.50 bits per heavy atom. The van der Waals surface area contributed by atoms with Gasteiger partial charge in [-0.25, -0.2) is 0 Å². The molecule has 3 fully saturated rings. The van der Waals surface area contributed by atoms with Gasteiger partial charge >= 0.3 is 0 Å². The molecule has 3 saturated heterocycles. The van der Waals surface area contributed by atoms with Gasteiger partial charge in [-0.15, -0.1) is 0 Å². The fourth-order valence-corrected chi connectivity index (χ4v) is 2.92. The molecule has 4 unspecified atom stereocenters. The molecule has 0 aromatic heterocycles. The zero-order valence-corrected chi connectivity index (χ0v) is 6.26. The maximum Gasteiger partial charge on any atom is 0.0852 e. The molecule has 10 heavy (non-hydrogen) atoms. The molecule has 0 radical (unpaired) electrons. The van der Waals surface area contributed by atoms with Gasteiger partial charge in [0.25, 0.3) is 0 Å². The van der Waals surface area contributed by atoms with Gasteiger partial charge in [-0.05, 0) is 19.8 Å². The zero-order chi connectivity index (χ0) is 6.77. The van der Waals surface area contributed by atoms with Crippen LogP contribution in [0.3, 0.4) is 0 Å². The van der Waals surface area contributed by atoms with Crippen molar-refractivity contribution in [2.75, 3.05) is 6.54 Å². The number of hydrogen-bond acceptors (Lipinski definition) is 2. The first kappa shape index (κ1) is 5.56. The second-order valence-electron chi connectivity index (χ2n) is 4.05. The standard InChI is InChI=1S/C8H13NO/c1-8-5-2-6(10-8)3-7(8)9-4-5/h5-7,9H,2-4H2,1H3. The molecule has 4 atom stereocenters. The van der Waals surface area contributed by atoms with E-state index in [-0.39, 0.29) is 5.60 Å². The minimum absolute atomic E-state index is 0.227. The minimum atomic E-state index is 0.227. The molecule has 3 rings (SSSR count). The molecule has 0 aromatic rings. The summed E-state index contributed by atoms with van der Waals surface area (Å²) in [5.41, 5.74) is 0.227. The fourth-order valence-electron chi connectivity index (χ4n) is 2.92. The Bertz CT molecular complexity index is 166. The summed E-state index contributed by atoms with van der Waals surface area (Å²) in [7, 11) is 0. The highest BCUT2D eigenvalue weighted by atomic mass is 16.5. The predicted octanol–water partition coefficient (Wildman–Crippen LogP) is 0.526. The second-order valence-corrected chi connectivity index (χ2v) is 4.05. The van der Waals surface area contributed by atoms with Crippen molar-refractivity contribution in [2.24, 2.45) is 5.92 Å².